The molecule has 3 N–H and O–H groups in total. The Labute approximate surface area is 134 Å². The number of nitrogens with two attached hydrogens (primary N) is 1. The van der Waals surface area contributed by atoms with Crippen LogP contribution in [0.1, 0.15) is 51.5 Å². The molecule has 22 heavy (non-hydrogen) atoms. The molecule has 0 bridgehead atoms. The monoisotopic (exact) mass is 302 g/mol. The summed E-state index contributed by atoms with van der Waals surface area (Å²) in [5.74, 6) is 0.138. The van der Waals surface area contributed by atoms with Crippen LogP contribution in [0.4, 0.5) is 0 Å². The van der Waals surface area contributed by atoms with Crippen LogP contribution in [0, 0.1) is 10.8 Å². The lowest BCUT2D eigenvalue weighted by atomic mass is 9.65. The van der Waals surface area contributed by atoms with Crippen LogP contribution in [0.3, 0.4) is 0 Å². The van der Waals surface area contributed by atoms with Crippen molar-refractivity contribution in [1.29, 1.82) is 0 Å². The minimum atomic E-state index is -0.391. The zero-order valence-electron chi connectivity index (χ0n) is 14.0. The molecule has 0 heterocycles. The van der Waals surface area contributed by atoms with Gasteiger partial charge in [-0.15, -0.1) is 0 Å². The fourth-order valence-electron chi connectivity index (χ4n) is 3.53. The van der Waals surface area contributed by atoms with Gasteiger partial charge in [-0.1, -0.05) is 50.6 Å². The molecule has 3 nitrogen and oxygen atoms in total. The molecule has 0 aromatic heterocycles. The van der Waals surface area contributed by atoms with Crippen LogP contribution in [-0.2, 0) is 11.2 Å². The highest BCUT2D eigenvalue weighted by atomic mass is 16.2. The number of carbonyl (C=O) groups is 1. The largest absolute Gasteiger partial charge is 0.355 e. The van der Waals surface area contributed by atoms with Gasteiger partial charge in [0, 0.05) is 13.1 Å². The summed E-state index contributed by atoms with van der Waals surface area (Å²) in [5.41, 5.74) is 7.10. The Kier molecular flexibility index (Phi) is 5.63. The SMILES string of the molecule is CCC(CC)(CN)C(=O)NCC1(Cc2ccccc2)CCC1. The highest BCUT2D eigenvalue weighted by molar-refractivity contribution is 5.82. The second-order valence-electron chi connectivity index (χ2n) is 6.89. The van der Waals surface area contributed by atoms with E-state index in [2.05, 4.69) is 49.5 Å². The molecule has 1 aliphatic rings. The quantitative estimate of drug-likeness (QED) is 0.774. The lowest BCUT2D eigenvalue weighted by molar-refractivity contribution is -0.132. The zero-order chi connectivity index (χ0) is 16.1. The third-order valence-corrected chi connectivity index (χ3v) is 5.69. The van der Waals surface area contributed by atoms with E-state index in [0.29, 0.717) is 6.54 Å². The summed E-state index contributed by atoms with van der Waals surface area (Å²) in [5, 5.41) is 3.22. The Bertz CT molecular complexity index is 467. The van der Waals surface area contributed by atoms with E-state index in [1.165, 1.54) is 24.8 Å². The molecule has 0 aliphatic heterocycles. The van der Waals surface area contributed by atoms with Crippen LogP contribution in [-0.4, -0.2) is 19.0 Å². The van der Waals surface area contributed by atoms with Crippen molar-refractivity contribution in [1.82, 2.24) is 5.32 Å². The lowest BCUT2D eigenvalue weighted by Crippen LogP contribution is -2.50. The van der Waals surface area contributed by atoms with Crippen molar-refractivity contribution < 1.29 is 4.79 Å². The van der Waals surface area contributed by atoms with E-state index in [0.717, 1.165) is 25.8 Å². The van der Waals surface area contributed by atoms with Gasteiger partial charge in [-0.3, -0.25) is 4.79 Å². The number of nitrogens with one attached hydrogen (secondary N) is 1. The molecule has 0 unspecified atom stereocenters. The van der Waals surface area contributed by atoms with E-state index < -0.39 is 5.41 Å². The van der Waals surface area contributed by atoms with Crippen LogP contribution >= 0.6 is 0 Å². The smallest absolute Gasteiger partial charge is 0.227 e. The predicted molar refractivity (Wildman–Crippen MR) is 91.5 cm³/mol. The third kappa shape index (κ3) is 3.52. The summed E-state index contributed by atoms with van der Waals surface area (Å²) in [4.78, 5) is 12.6. The fraction of sp³-hybridized carbons (Fsp3) is 0.632. The normalized spacial score (nSPS) is 16.9. The summed E-state index contributed by atoms with van der Waals surface area (Å²) >= 11 is 0. The molecule has 1 aromatic carbocycles. The highest BCUT2D eigenvalue weighted by Crippen LogP contribution is 2.43. The first-order valence-electron chi connectivity index (χ1n) is 8.62. The maximum atomic E-state index is 12.6. The molecule has 1 fully saturated rings. The summed E-state index contributed by atoms with van der Waals surface area (Å²) < 4.78 is 0. The van der Waals surface area contributed by atoms with E-state index in [1.54, 1.807) is 0 Å². The van der Waals surface area contributed by atoms with Gasteiger partial charge in [0.25, 0.3) is 0 Å². The molecule has 1 saturated carbocycles. The molecule has 1 amide bonds. The first kappa shape index (κ1) is 17.0. The molecular formula is C19H30N2O. The van der Waals surface area contributed by atoms with Gasteiger partial charge in [0.2, 0.25) is 5.91 Å². The van der Waals surface area contributed by atoms with E-state index in [9.17, 15) is 4.79 Å². The van der Waals surface area contributed by atoms with Gasteiger partial charge in [0.05, 0.1) is 5.41 Å². The molecule has 3 heteroatoms. The van der Waals surface area contributed by atoms with E-state index >= 15 is 0 Å². The number of carbonyl (C=O) groups excluding carboxylic acids is 1. The average molecular weight is 302 g/mol. The number of hydrogen-bond acceptors (Lipinski definition) is 2. The van der Waals surface area contributed by atoms with Crippen molar-refractivity contribution in [2.45, 2.75) is 52.4 Å². The van der Waals surface area contributed by atoms with E-state index in [-0.39, 0.29) is 11.3 Å². The van der Waals surface area contributed by atoms with Crippen molar-refractivity contribution >= 4 is 5.91 Å². The molecule has 2 rings (SSSR count). The van der Waals surface area contributed by atoms with Crippen molar-refractivity contribution in [3.63, 3.8) is 0 Å². The van der Waals surface area contributed by atoms with Crippen LogP contribution < -0.4 is 11.1 Å². The summed E-state index contributed by atoms with van der Waals surface area (Å²) in [6, 6.07) is 10.6. The van der Waals surface area contributed by atoms with Gasteiger partial charge in [-0.2, -0.15) is 0 Å². The minimum Gasteiger partial charge on any atom is -0.355 e. The number of hydrogen-bond donors (Lipinski definition) is 2. The van der Waals surface area contributed by atoms with Crippen LogP contribution in [0.15, 0.2) is 30.3 Å². The maximum absolute atomic E-state index is 12.6. The van der Waals surface area contributed by atoms with Crippen molar-refractivity contribution in [3.05, 3.63) is 35.9 Å². The Morgan fingerprint density at radius 2 is 1.86 bits per heavy atom. The van der Waals surface area contributed by atoms with Crippen LogP contribution in [0.2, 0.25) is 0 Å². The standard InChI is InChI=1S/C19H30N2O/c1-3-19(4-2,14-20)17(22)21-15-18(11-8-12-18)13-16-9-6-5-7-10-16/h5-7,9-10H,3-4,8,11-15,20H2,1-2H3,(H,21,22). The summed E-state index contributed by atoms with van der Waals surface area (Å²) in [7, 11) is 0. The molecule has 0 atom stereocenters. The highest BCUT2D eigenvalue weighted by Gasteiger charge is 2.39. The Morgan fingerprint density at radius 3 is 2.32 bits per heavy atom. The van der Waals surface area contributed by atoms with Crippen molar-refractivity contribution in [2.75, 3.05) is 13.1 Å². The fourth-order valence-corrected chi connectivity index (χ4v) is 3.53. The Hall–Kier alpha value is -1.35. The molecule has 122 valence electrons. The maximum Gasteiger partial charge on any atom is 0.227 e. The number of rotatable bonds is 8. The van der Waals surface area contributed by atoms with Gasteiger partial charge in [0.1, 0.15) is 0 Å². The molecule has 1 aromatic rings. The van der Waals surface area contributed by atoms with Crippen molar-refractivity contribution in [3.8, 4) is 0 Å². The Balaban J connectivity index is 1.97. The lowest BCUT2D eigenvalue weighted by Gasteiger charge is -2.43. The second-order valence-corrected chi connectivity index (χ2v) is 6.89. The van der Waals surface area contributed by atoms with Gasteiger partial charge in [-0.05, 0) is 43.1 Å². The van der Waals surface area contributed by atoms with Crippen molar-refractivity contribution in [2.24, 2.45) is 16.6 Å². The van der Waals surface area contributed by atoms with Gasteiger partial charge >= 0.3 is 0 Å². The first-order chi connectivity index (χ1) is 10.6. The molecule has 0 saturated heterocycles. The van der Waals surface area contributed by atoms with Gasteiger partial charge in [-0.25, -0.2) is 0 Å². The topological polar surface area (TPSA) is 55.1 Å². The number of benzene rings is 1. The summed E-state index contributed by atoms with van der Waals surface area (Å²) in [6.45, 7) is 5.32. The van der Waals surface area contributed by atoms with Crippen LogP contribution in [0.5, 0.6) is 0 Å². The second kappa shape index (κ2) is 7.28. The predicted octanol–water partition coefficient (Wildman–Crippen LogP) is 3.28. The van der Waals surface area contributed by atoms with E-state index in [4.69, 9.17) is 5.73 Å². The van der Waals surface area contributed by atoms with Gasteiger partial charge in [0.15, 0.2) is 0 Å². The molecule has 1 aliphatic carbocycles. The van der Waals surface area contributed by atoms with Crippen LogP contribution in [0.25, 0.3) is 0 Å². The Morgan fingerprint density at radius 1 is 1.23 bits per heavy atom. The van der Waals surface area contributed by atoms with Gasteiger partial charge < -0.3 is 11.1 Å². The average Bonchev–Trinajstić information content (AvgIpc) is 2.53. The first-order valence-corrected chi connectivity index (χ1v) is 8.62. The molecule has 0 spiro atoms. The van der Waals surface area contributed by atoms with E-state index in [1.807, 2.05) is 0 Å². The summed E-state index contributed by atoms with van der Waals surface area (Å²) in [6.07, 6.45) is 6.34. The minimum absolute atomic E-state index is 0.138. The zero-order valence-corrected chi connectivity index (χ0v) is 14.0. The molecular weight excluding hydrogens is 272 g/mol. The third-order valence-electron chi connectivity index (χ3n) is 5.69. The molecule has 0 radical (unpaired) electrons. The number of amides is 1.